The largest absolute Gasteiger partial charge is 0.579 e. The zero-order valence-electron chi connectivity index (χ0n) is 19.5. The highest BCUT2D eigenvalue weighted by molar-refractivity contribution is 6.58. The van der Waals surface area contributed by atoms with Gasteiger partial charge in [0, 0.05) is 32.9 Å². The molecule has 0 N–H and O–H groups in total. The van der Waals surface area contributed by atoms with Crippen molar-refractivity contribution in [3.63, 3.8) is 0 Å². The van der Waals surface area contributed by atoms with Crippen molar-refractivity contribution in [3.8, 4) is 5.75 Å². The van der Waals surface area contributed by atoms with Crippen LogP contribution in [-0.2, 0) is 0 Å². The standard InChI is InChI=1S/C26H6Cl14O2/c27-12-8(13(28)19(34)11(18(12)33)26(41)42-6-4-2-1-3-5-6)7(9-14(29)20(35)24(39)21(36)15(9)30)10-16(31)22(37)25(40)23(38)17(10)32/h1-5,41H/p-1. The summed E-state index contributed by atoms with van der Waals surface area (Å²) in [6.07, 6.45) is 0. The lowest BCUT2D eigenvalue weighted by molar-refractivity contribution is -0.279. The number of hydrogen-bond acceptors (Lipinski definition) is 2. The first-order valence-corrected chi connectivity index (χ1v) is 16.0. The summed E-state index contributed by atoms with van der Waals surface area (Å²) in [5, 5.41) is 9.20. The van der Waals surface area contributed by atoms with Gasteiger partial charge in [0.05, 0.1) is 76.3 Å². The summed E-state index contributed by atoms with van der Waals surface area (Å²) in [5.41, 5.74) is -0.374. The molecule has 0 aliphatic heterocycles. The molecule has 16 heteroatoms. The molecule has 220 valence electrons. The molecule has 0 saturated heterocycles. The van der Waals surface area contributed by atoms with Crippen LogP contribution in [0.5, 0.6) is 5.75 Å². The lowest BCUT2D eigenvalue weighted by atomic mass is 9.94. The first kappa shape index (κ1) is 35.1. The van der Waals surface area contributed by atoms with E-state index in [0.717, 1.165) is 0 Å². The molecule has 4 aromatic carbocycles. The van der Waals surface area contributed by atoms with Crippen molar-refractivity contribution in [2.75, 3.05) is 0 Å². The molecule has 0 bridgehead atoms. The predicted octanol–water partition coefficient (Wildman–Crippen LogP) is 12.6. The monoisotopic (exact) mass is 839 g/mol. The van der Waals surface area contributed by atoms with Crippen LogP contribution in [0, 0.1) is 0 Å². The molecule has 4 rings (SSSR count). The summed E-state index contributed by atoms with van der Waals surface area (Å²) in [6, 6.07) is 8.12. The van der Waals surface area contributed by atoms with E-state index < -0.39 is 5.95 Å². The third-order valence-electron chi connectivity index (χ3n) is 5.59. The summed E-state index contributed by atoms with van der Waals surface area (Å²) in [6.45, 7) is 0. The third-order valence-corrected chi connectivity index (χ3v) is 11.8. The van der Waals surface area contributed by atoms with Gasteiger partial charge in [0.1, 0.15) is 0 Å². The summed E-state index contributed by atoms with van der Waals surface area (Å²) in [4.78, 5) is 0. The topological polar surface area (TPSA) is 32.3 Å². The van der Waals surface area contributed by atoms with Gasteiger partial charge in [-0.3, -0.25) is 0 Å². The highest BCUT2D eigenvalue weighted by atomic mass is 35.5. The minimum absolute atomic E-state index is 0.119. The zero-order chi connectivity index (χ0) is 31.4. The van der Waals surface area contributed by atoms with Crippen LogP contribution < -0.4 is 20.3 Å². The van der Waals surface area contributed by atoms with Gasteiger partial charge in [-0.25, -0.2) is 0 Å². The van der Waals surface area contributed by atoms with E-state index in [4.69, 9.17) is 167 Å². The highest BCUT2D eigenvalue weighted by Gasteiger charge is 2.31. The van der Waals surface area contributed by atoms with Gasteiger partial charge in [0.15, 0.2) is 0 Å². The Hall–Kier alpha value is 0.280. The average Bonchev–Trinajstić information content (AvgIpc) is 2.96. The van der Waals surface area contributed by atoms with Crippen molar-refractivity contribution in [1.29, 1.82) is 0 Å². The van der Waals surface area contributed by atoms with Crippen molar-refractivity contribution in [2.24, 2.45) is 0 Å². The van der Waals surface area contributed by atoms with Crippen molar-refractivity contribution in [3.05, 3.63) is 122 Å². The Balaban J connectivity index is 2.34. The minimum atomic E-state index is -0.963. The van der Waals surface area contributed by atoms with E-state index in [1.807, 2.05) is 0 Å². The number of para-hydroxylation sites is 1. The molecule has 0 saturated carbocycles. The average molecular weight is 846 g/mol. The fraction of sp³-hybridized carbons (Fsp3) is 0. The van der Waals surface area contributed by atoms with Crippen molar-refractivity contribution < 1.29 is 9.84 Å². The van der Waals surface area contributed by atoms with Gasteiger partial charge in [0.25, 0.3) is 0 Å². The number of ether oxygens (including phenoxy) is 1. The Kier molecular flexibility index (Phi) is 11.7. The Morgan fingerprint density at radius 2 is 0.714 bits per heavy atom. The fourth-order valence-corrected chi connectivity index (χ4v) is 7.55. The SMILES string of the molecule is [O-]C(Oc1ccccc1)=c1c(Cl)c(Cl)c(=C(c2c(Cl)c(Cl)c(Cl)c(Cl)c2Cl)c2c(Cl)c(Cl)c(Cl)c(Cl)c2Cl)c(Cl)c1Cl. The van der Waals surface area contributed by atoms with E-state index in [2.05, 4.69) is 0 Å². The lowest BCUT2D eigenvalue weighted by Crippen LogP contribution is -2.27. The molecule has 0 aliphatic rings. The van der Waals surface area contributed by atoms with Gasteiger partial charge in [-0.05, 0) is 12.1 Å². The predicted molar refractivity (Wildman–Crippen MR) is 181 cm³/mol. The van der Waals surface area contributed by atoms with Crippen molar-refractivity contribution in [2.45, 2.75) is 0 Å². The molecule has 0 amide bonds. The zero-order valence-corrected chi connectivity index (χ0v) is 30.1. The van der Waals surface area contributed by atoms with Crippen LogP contribution in [0.3, 0.4) is 0 Å². The van der Waals surface area contributed by atoms with Crippen LogP contribution in [0.1, 0.15) is 11.1 Å². The van der Waals surface area contributed by atoms with Crippen LogP contribution in [-0.4, -0.2) is 0 Å². The van der Waals surface area contributed by atoms with Gasteiger partial charge in [-0.2, -0.15) is 0 Å². The van der Waals surface area contributed by atoms with E-state index >= 15 is 0 Å². The van der Waals surface area contributed by atoms with Crippen LogP contribution in [0.15, 0.2) is 30.3 Å². The quantitative estimate of drug-likeness (QED) is 0.151. The van der Waals surface area contributed by atoms with Crippen LogP contribution in [0.2, 0.25) is 70.3 Å². The second-order valence-corrected chi connectivity index (χ2v) is 13.3. The molecular formula is C26H5Cl14O2-. The Labute approximate surface area is 308 Å². The first-order chi connectivity index (χ1) is 19.6. The van der Waals surface area contributed by atoms with Crippen molar-refractivity contribution in [1.82, 2.24) is 0 Å². The molecule has 0 aliphatic carbocycles. The maximum absolute atomic E-state index is 13.2. The molecule has 2 nitrogen and oxygen atoms in total. The van der Waals surface area contributed by atoms with Gasteiger partial charge in [0.2, 0.25) is 0 Å². The van der Waals surface area contributed by atoms with Crippen molar-refractivity contribution >= 4 is 174 Å². The summed E-state index contributed by atoms with van der Waals surface area (Å²) in [7, 11) is 0. The molecule has 4 aromatic rings. The van der Waals surface area contributed by atoms with Crippen LogP contribution >= 0.6 is 162 Å². The Morgan fingerprint density at radius 3 is 1.07 bits per heavy atom. The molecule has 0 spiro atoms. The van der Waals surface area contributed by atoms with E-state index in [1.54, 1.807) is 30.3 Å². The maximum Gasteiger partial charge on any atom is 0.0809 e. The molecule has 0 radical (unpaired) electrons. The van der Waals surface area contributed by atoms with E-state index in [-0.39, 0.29) is 103 Å². The Morgan fingerprint density at radius 1 is 0.405 bits per heavy atom. The smallest absolute Gasteiger partial charge is 0.0809 e. The van der Waals surface area contributed by atoms with Gasteiger partial charge >= 0.3 is 0 Å². The number of rotatable bonds is 4. The number of hydrogen-bond donors (Lipinski definition) is 0. The summed E-state index contributed by atoms with van der Waals surface area (Å²) < 4.78 is 5.39. The highest BCUT2D eigenvalue weighted by Crippen LogP contribution is 2.52. The normalized spacial score (nSPS) is 11.2. The number of halogens is 14. The molecule has 0 unspecified atom stereocenters. The second kappa shape index (κ2) is 14.0. The van der Waals surface area contributed by atoms with E-state index in [1.165, 1.54) is 0 Å². The maximum atomic E-state index is 13.2. The Bertz CT molecular complexity index is 1740. The molecule has 0 atom stereocenters. The molecule has 0 fully saturated rings. The molecular weight excluding hydrogens is 841 g/mol. The first-order valence-electron chi connectivity index (χ1n) is 10.7. The molecule has 0 heterocycles. The minimum Gasteiger partial charge on any atom is -0.579 e. The summed E-state index contributed by atoms with van der Waals surface area (Å²) in [5.74, 6) is -0.762. The second-order valence-electron chi connectivity index (χ2n) is 7.97. The fourth-order valence-electron chi connectivity index (χ4n) is 3.70. The van der Waals surface area contributed by atoms with E-state index in [9.17, 15) is 5.11 Å². The van der Waals surface area contributed by atoms with Gasteiger partial charge in [-0.15, -0.1) is 0 Å². The summed E-state index contributed by atoms with van der Waals surface area (Å²) >= 11 is 91.5. The lowest BCUT2D eigenvalue weighted by Gasteiger charge is -2.22. The van der Waals surface area contributed by atoms with Gasteiger partial charge < -0.3 is 9.84 Å². The van der Waals surface area contributed by atoms with Gasteiger partial charge in [-0.1, -0.05) is 181 Å². The molecule has 0 aromatic heterocycles. The van der Waals surface area contributed by atoms with Crippen LogP contribution in [0.4, 0.5) is 0 Å². The molecule has 42 heavy (non-hydrogen) atoms. The number of benzene rings is 4. The van der Waals surface area contributed by atoms with Crippen LogP contribution in [0.25, 0.3) is 11.5 Å². The third kappa shape index (κ3) is 6.18. The van der Waals surface area contributed by atoms with E-state index in [0.29, 0.717) is 0 Å².